The number of nitrogens with one attached hydrogen (secondary N) is 1. The minimum atomic E-state index is -0.242. The molecule has 0 bridgehead atoms. The van der Waals surface area contributed by atoms with Crippen molar-refractivity contribution in [1.29, 1.82) is 0 Å². The molecule has 0 unspecified atom stereocenters. The monoisotopic (exact) mass is 288 g/mol. The van der Waals surface area contributed by atoms with Crippen molar-refractivity contribution in [3.05, 3.63) is 28.3 Å². The van der Waals surface area contributed by atoms with E-state index >= 15 is 0 Å². The van der Waals surface area contributed by atoms with Gasteiger partial charge in [0.1, 0.15) is 5.69 Å². The highest BCUT2D eigenvalue weighted by Gasteiger charge is 2.28. The molecule has 1 atom stereocenters. The van der Waals surface area contributed by atoms with E-state index in [0.29, 0.717) is 23.4 Å². The van der Waals surface area contributed by atoms with Gasteiger partial charge in [0.2, 0.25) is 0 Å². The summed E-state index contributed by atoms with van der Waals surface area (Å²) in [5.41, 5.74) is 1.23. The summed E-state index contributed by atoms with van der Waals surface area (Å²) in [4.78, 5) is 26.6. The second-order valence-electron chi connectivity index (χ2n) is 5.66. The Bertz CT molecular complexity index is 688. The van der Waals surface area contributed by atoms with Gasteiger partial charge < -0.3 is 9.47 Å². The van der Waals surface area contributed by atoms with E-state index in [9.17, 15) is 9.59 Å². The van der Waals surface area contributed by atoms with Crippen molar-refractivity contribution < 1.29 is 4.79 Å². The number of piperidine rings is 1. The summed E-state index contributed by atoms with van der Waals surface area (Å²) in [6.07, 6.45) is 6.77. The van der Waals surface area contributed by atoms with E-state index < -0.39 is 0 Å². The molecule has 0 aromatic rings. The molecule has 21 heavy (non-hydrogen) atoms. The van der Waals surface area contributed by atoms with E-state index in [1.54, 1.807) is 12.4 Å². The van der Waals surface area contributed by atoms with Gasteiger partial charge in [0, 0.05) is 31.5 Å². The maximum absolute atomic E-state index is 12.9. The number of fused-ring (bicyclic) bond motifs is 1. The number of hydrogen-bond donors (Lipinski definition) is 1. The summed E-state index contributed by atoms with van der Waals surface area (Å²) in [7, 11) is 0. The maximum Gasteiger partial charge on any atom is 0.275 e. The highest BCUT2D eigenvalue weighted by Crippen LogP contribution is 2.25. The Morgan fingerprint density at radius 2 is 2.24 bits per heavy atom. The van der Waals surface area contributed by atoms with Gasteiger partial charge in [0.25, 0.3) is 11.5 Å². The van der Waals surface area contributed by atoms with Crippen LogP contribution in [0.3, 0.4) is 0 Å². The maximum atomic E-state index is 12.9. The van der Waals surface area contributed by atoms with Crippen LogP contribution >= 0.6 is 0 Å². The highest BCUT2D eigenvalue weighted by atomic mass is 16.2. The Labute approximate surface area is 123 Å². The molecule has 3 aliphatic rings. The first-order valence-electron chi connectivity index (χ1n) is 7.51. The standard InChI is InChI=1S/C15H20N4O2/c1-3-18-8-11-13(16-17-14(11)20)12(9-18)15(21)19-7-5-4-6-10(19)2/h8-10H,3-7H2,1-2H3,(H,17,20)/t10-/m1/s1. The fourth-order valence-electron chi connectivity index (χ4n) is 2.98. The summed E-state index contributed by atoms with van der Waals surface area (Å²) in [6.45, 7) is 5.54. The molecule has 6 heteroatoms. The molecule has 6 nitrogen and oxygen atoms in total. The Morgan fingerprint density at radius 1 is 1.43 bits per heavy atom. The number of nitrogens with zero attached hydrogens (tertiary/aromatic N) is 3. The number of carbonyl (C=O) groups excluding carboxylic acids is 1. The fourth-order valence-corrected chi connectivity index (χ4v) is 2.98. The van der Waals surface area contributed by atoms with Crippen LogP contribution < -0.4 is 5.56 Å². The molecule has 3 heterocycles. The van der Waals surface area contributed by atoms with Crippen LogP contribution in [0.15, 0.2) is 17.2 Å². The van der Waals surface area contributed by atoms with Crippen molar-refractivity contribution in [1.82, 2.24) is 19.7 Å². The molecule has 3 aliphatic heterocycles. The van der Waals surface area contributed by atoms with Crippen LogP contribution in [0.4, 0.5) is 0 Å². The van der Waals surface area contributed by atoms with E-state index in [1.807, 2.05) is 16.4 Å². The fraction of sp³-hybridized carbons (Fsp3) is 0.533. The predicted molar refractivity (Wildman–Crippen MR) is 79.5 cm³/mol. The molecule has 1 N–H and O–H groups in total. The van der Waals surface area contributed by atoms with E-state index in [2.05, 4.69) is 17.1 Å². The smallest absolute Gasteiger partial charge is 0.275 e. The van der Waals surface area contributed by atoms with Gasteiger partial charge in [0.15, 0.2) is 0 Å². The zero-order valence-electron chi connectivity index (χ0n) is 12.4. The molecule has 1 fully saturated rings. The first-order chi connectivity index (χ1) is 10.1. The number of H-pyrrole nitrogens is 1. The van der Waals surface area contributed by atoms with Crippen LogP contribution in [0.5, 0.6) is 0 Å². The molecule has 112 valence electrons. The lowest BCUT2D eigenvalue weighted by atomic mass is 10.0. The van der Waals surface area contributed by atoms with Gasteiger partial charge in [0.05, 0.1) is 11.1 Å². The Balaban J connectivity index is 2.06. The molecular formula is C15H20N4O2. The van der Waals surface area contributed by atoms with E-state index in [-0.39, 0.29) is 17.5 Å². The zero-order chi connectivity index (χ0) is 15.0. The van der Waals surface area contributed by atoms with Gasteiger partial charge in [-0.3, -0.25) is 9.59 Å². The van der Waals surface area contributed by atoms with Gasteiger partial charge in [-0.2, -0.15) is 5.10 Å². The van der Waals surface area contributed by atoms with Crippen molar-refractivity contribution >= 4 is 5.91 Å². The lowest BCUT2D eigenvalue weighted by Gasteiger charge is -2.33. The third-order valence-electron chi connectivity index (χ3n) is 4.27. The van der Waals surface area contributed by atoms with Crippen molar-refractivity contribution in [2.24, 2.45) is 0 Å². The van der Waals surface area contributed by atoms with Gasteiger partial charge in [-0.05, 0) is 33.1 Å². The number of amides is 1. The number of aromatic nitrogens is 3. The van der Waals surface area contributed by atoms with E-state index in [0.717, 1.165) is 25.8 Å². The normalized spacial score (nSPS) is 19.1. The molecule has 1 amide bonds. The predicted octanol–water partition coefficient (Wildman–Crippen LogP) is 1.71. The average Bonchev–Trinajstić information content (AvgIpc) is 2.87. The summed E-state index contributed by atoms with van der Waals surface area (Å²) >= 11 is 0. The van der Waals surface area contributed by atoms with Crippen LogP contribution in [-0.4, -0.2) is 38.2 Å². The lowest BCUT2D eigenvalue weighted by Crippen LogP contribution is -2.42. The second-order valence-corrected chi connectivity index (χ2v) is 5.66. The number of carbonyl (C=O) groups is 1. The highest BCUT2D eigenvalue weighted by molar-refractivity contribution is 6.00. The molecule has 3 rings (SSSR count). The van der Waals surface area contributed by atoms with Crippen molar-refractivity contribution in [3.63, 3.8) is 0 Å². The van der Waals surface area contributed by atoms with Crippen LogP contribution in [0.1, 0.15) is 43.5 Å². The molecule has 0 saturated carbocycles. The molecule has 1 saturated heterocycles. The summed E-state index contributed by atoms with van der Waals surface area (Å²) < 4.78 is 1.86. The Morgan fingerprint density at radius 3 is 2.95 bits per heavy atom. The van der Waals surface area contributed by atoms with Crippen LogP contribution in [0.2, 0.25) is 0 Å². The third kappa shape index (κ3) is 2.34. The molecule has 0 aromatic heterocycles. The van der Waals surface area contributed by atoms with Gasteiger partial charge >= 0.3 is 0 Å². The molecular weight excluding hydrogens is 268 g/mol. The minimum absolute atomic E-state index is 0.0264. The summed E-state index contributed by atoms with van der Waals surface area (Å²) in [5, 5.41) is 6.48. The number of aryl methyl sites for hydroxylation is 1. The average molecular weight is 288 g/mol. The zero-order valence-corrected chi connectivity index (χ0v) is 12.4. The summed E-state index contributed by atoms with van der Waals surface area (Å²) in [5.74, 6) is -0.0264. The third-order valence-corrected chi connectivity index (χ3v) is 4.27. The Hall–Kier alpha value is -2.11. The first-order valence-corrected chi connectivity index (χ1v) is 7.51. The molecule has 0 aromatic carbocycles. The number of likely N-dealkylation sites (tertiary alicyclic amines) is 1. The van der Waals surface area contributed by atoms with E-state index in [4.69, 9.17) is 0 Å². The topological polar surface area (TPSA) is 71.0 Å². The first kappa shape index (κ1) is 13.9. The molecule has 0 spiro atoms. The minimum Gasteiger partial charge on any atom is -0.353 e. The quantitative estimate of drug-likeness (QED) is 0.914. The number of aromatic amines is 1. The van der Waals surface area contributed by atoms with Crippen LogP contribution in [-0.2, 0) is 6.54 Å². The van der Waals surface area contributed by atoms with E-state index in [1.165, 1.54) is 0 Å². The summed E-state index contributed by atoms with van der Waals surface area (Å²) in [6, 6.07) is 0.238. The van der Waals surface area contributed by atoms with Crippen LogP contribution in [0, 0.1) is 0 Å². The lowest BCUT2D eigenvalue weighted by molar-refractivity contribution is 0.0635. The van der Waals surface area contributed by atoms with Crippen molar-refractivity contribution in [2.75, 3.05) is 6.54 Å². The second kappa shape index (κ2) is 5.35. The Kier molecular flexibility index (Phi) is 3.53. The largest absolute Gasteiger partial charge is 0.353 e. The van der Waals surface area contributed by atoms with Gasteiger partial charge in [-0.1, -0.05) is 0 Å². The molecule has 0 radical (unpaired) electrons. The number of pyridine rings is 1. The van der Waals surface area contributed by atoms with Crippen LogP contribution in [0.25, 0.3) is 11.3 Å². The van der Waals surface area contributed by atoms with Gasteiger partial charge in [-0.15, -0.1) is 0 Å². The number of rotatable bonds is 2. The van der Waals surface area contributed by atoms with Crippen molar-refractivity contribution in [2.45, 2.75) is 45.7 Å². The SMILES string of the molecule is CCn1cc(C(=O)N2CCCC[C@H]2C)c2n[nH]c(=O)c-2c1. The number of hydrogen-bond acceptors (Lipinski definition) is 3. The van der Waals surface area contributed by atoms with Gasteiger partial charge in [-0.25, -0.2) is 5.10 Å². The molecule has 0 aliphatic carbocycles. The van der Waals surface area contributed by atoms with Crippen molar-refractivity contribution in [3.8, 4) is 11.3 Å².